The molecule has 1 aromatic carbocycles. The Bertz CT molecular complexity index is 1080. The first-order valence-corrected chi connectivity index (χ1v) is 10.5. The molecular formula is C24H27N3O4. The zero-order valence-corrected chi connectivity index (χ0v) is 17.6. The van der Waals surface area contributed by atoms with E-state index in [-0.39, 0.29) is 29.8 Å². The molecule has 1 unspecified atom stereocenters. The molecule has 31 heavy (non-hydrogen) atoms. The zero-order valence-electron chi connectivity index (χ0n) is 17.6. The van der Waals surface area contributed by atoms with Gasteiger partial charge in [-0.25, -0.2) is 0 Å². The first-order chi connectivity index (χ1) is 15.1. The molecular weight excluding hydrogens is 394 g/mol. The fourth-order valence-electron chi connectivity index (χ4n) is 3.98. The largest absolute Gasteiger partial charge is 0.497 e. The Kier molecular flexibility index (Phi) is 6.52. The van der Waals surface area contributed by atoms with E-state index in [4.69, 9.17) is 9.15 Å². The van der Waals surface area contributed by atoms with Crippen LogP contribution in [0.1, 0.15) is 40.8 Å². The van der Waals surface area contributed by atoms with E-state index >= 15 is 0 Å². The molecule has 162 valence electrons. The van der Waals surface area contributed by atoms with Crippen molar-refractivity contribution in [2.45, 2.75) is 25.4 Å². The Labute approximate surface area is 181 Å². The molecule has 0 bridgehead atoms. The monoisotopic (exact) mass is 421 g/mol. The van der Waals surface area contributed by atoms with Crippen LogP contribution in [0.15, 0.2) is 70.0 Å². The average Bonchev–Trinajstić information content (AvgIpc) is 3.48. The highest BCUT2D eigenvalue weighted by Gasteiger charge is 2.25. The molecule has 1 aliphatic heterocycles. The van der Waals surface area contributed by atoms with Crippen LogP contribution in [0.5, 0.6) is 5.75 Å². The summed E-state index contributed by atoms with van der Waals surface area (Å²) in [5, 5.41) is 3.02. The van der Waals surface area contributed by atoms with Crippen LogP contribution in [0.3, 0.4) is 0 Å². The highest BCUT2D eigenvalue weighted by molar-refractivity contribution is 5.91. The Balaban J connectivity index is 1.43. The predicted octanol–water partition coefficient (Wildman–Crippen LogP) is 3.07. The van der Waals surface area contributed by atoms with Crippen LogP contribution >= 0.6 is 0 Å². The number of nitrogens with one attached hydrogen (secondary N) is 1. The van der Waals surface area contributed by atoms with Gasteiger partial charge >= 0.3 is 0 Å². The van der Waals surface area contributed by atoms with Gasteiger partial charge in [0.1, 0.15) is 11.5 Å². The summed E-state index contributed by atoms with van der Waals surface area (Å²) >= 11 is 0. The minimum atomic E-state index is -0.265. The van der Waals surface area contributed by atoms with E-state index in [1.807, 2.05) is 18.2 Å². The average molecular weight is 421 g/mol. The number of carbonyl (C=O) groups excluding carboxylic acids is 1. The molecule has 1 N–H and O–H groups in total. The van der Waals surface area contributed by atoms with Crippen molar-refractivity contribution in [3.63, 3.8) is 0 Å². The number of likely N-dealkylation sites (tertiary alicyclic amines) is 1. The molecule has 1 aliphatic rings. The zero-order chi connectivity index (χ0) is 21.6. The third-order valence-electron chi connectivity index (χ3n) is 5.63. The number of furan rings is 1. The topological polar surface area (TPSA) is 76.7 Å². The van der Waals surface area contributed by atoms with Crippen LogP contribution in [-0.2, 0) is 6.54 Å². The van der Waals surface area contributed by atoms with Gasteiger partial charge in [0.25, 0.3) is 11.5 Å². The molecule has 2 aromatic heterocycles. The van der Waals surface area contributed by atoms with Gasteiger partial charge in [-0.3, -0.25) is 14.5 Å². The maximum atomic E-state index is 12.7. The van der Waals surface area contributed by atoms with Crippen LogP contribution in [0.2, 0.25) is 0 Å². The molecule has 1 atom stereocenters. The lowest BCUT2D eigenvalue weighted by Crippen LogP contribution is -2.36. The van der Waals surface area contributed by atoms with Crippen molar-refractivity contribution in [1.82, 2.24) is 14.8 Å². The van der Waals surface area contributed by atoms with E-state index in [1.54, 1.807) is 37.6 Å². The fraction of sp³-hybridized carbons (Fsp3) is 0.333. The second-order valence-electron chi connectivity index (χ2n) is 7.68. The van der Waals surface area contributed by atoms with Crippen LogP contribution < -0.4 is 15.6 Å². The summed E-state index contributed by atoms with van der Waals surface area (Å²) in [6, 6.07) is 16.4. The molecule has 0 spiro atoms. The molecule has 3 aromatic rings. The lowest BCUT2D eigenvalue weighted by atomic mass is 10.0. The highest BCUT2D eigenvalue weighted by atomic mass is 16.5. The van der Waals surface area contributed by atoms with Gasteiger partial charge in [-0.2, -0.15) is 0 Å². The van der Waals surface area contributed by atoms with Crippen molar-refractivity contribution in [1.29, 1.82) is 0 Å². The van der Waals surface area contributed by atoms with Gasteiger partial charge in [0.15, 0.2) is 5.76 Å². The summed E-state index contributed by atoms with van der Waals surface area (Å²) < 4.78 is 12.6. The number of pyridine rings is 1. The van der Waals surface area contributed by atoms with E-state index < -0.39 is 0 Å². The maximum Gasteiger partial charge on any atom is 0.287 e. The van der Waals surface area contributed by atoms with Crippen molar-refractivity contribution < 1.29 is 13.9 Å². The van der Waals surface area contributed by atoms with Crippen LogP contribution in [-0.4, -0.2) is 42.1 Å². The summed E-state index contributed by atoms with van der Waals surface area (Å²) in [4.78, 5) is 27.0. The molecule has 4 rings (SSSR count). The number of rotatable bonds is 8. The number of ether oxygens (including phenoxy) is 1. The Hall–Kier alpha value is -3.32. The van der Waals surface area contributed by atoms with E-state index in [0.29, 0.717) is 12.3 Å². The third kappa shape index (κ3) is 5.06. The molecule has 0 radical (unpaired) electrons. The number of aromatic nitrogens is 1. The number of nitrogens with zero attached hydrogens (tertiary/aromatic N) is 2. The van der Waals surface area contributed by atoms with Crippen molar-refractivity contribution in [2.24, 2.45) is 0 Å². The van der Waals surface area contributed by atoms with Gasteiger partial charge in [0.05, 0.1) is 19.7 Å². The van der Waals surface area contributed by atoms with Gasteiger partial charge in [0, 0.05) is 18.8 Å². The van der Waals surface area contributed by atoms with E-state index in [9.17, 15) is 9.59 Å². The van der Waals surface area contributed by atoms with Crippen molar-refractivity contribution in [3.8, 4) is 5.75 Å². The van der Waals surface area contributed by atoms with E-state index in [2.05, 4.69) is 16.3 Å². The lowest BCUT2D eigenvalue weighted by molar-refractivity contribution is 0.0908. The molecule has 3 heterocycles. The summed E-state index contributed by atoms with van der Waals surface area (Å²) in [6.45, 7) is 2.77. The number of benzene rings is 1. The maximum absolute atomic E-state index is 12.7. The Morgan fingerprint density at radius 1 is 1.13 bits per heavy atom. The van der Waals surface area contributed by atoms with Gasteiger partial charge in [-0.1, -0.05) is 18.2 Å². The molecule has 7 heteroatoms. The van der Waals surface area contributed by atoms with Crippen molar-refractivity contribution >= 4 is 5.91 Å². The lowest BCUT2D eigenvalue weighted by Gasteiger charge is -2.28. The van der Waals surface area contributed by atoms with E-state index in [1.165, 1.54) is 10.6 Å². The normalized spacial score (nSPS) is 15.0. The first kappa shape index (κ1) is 20.9. The van der Waals surface area contributed by atoms with Crippen molar-refractivity contribution in [2.75, 3.05) is 26.7 Å². The summed E-state index contributed by atoms with van der Waals surface area (Å²) in [6.07, 6.45) is 4.02. The molecule has 1 saturated heterocycles. The molecule has 0 saturated carbocycles. The number of hydrogen-bond acceptors (Lipinski definition) is 5. The highest BCUT2D eigenvalue weighted by Crippen LogP contribution is 2.27. The molecule has 1 fully saturated rings. The molecule has 7 nitrogen and oxygen atoms in total. The summed E-state index contributed by atoms with van der Waals surface area (Å²) in [7, 11) is 1.66. The van der Waals surface area contributed by atoms with Crippen LogP contribution in [0, 0.1) is 0 Å². The van der Waals surface area contributed by atoms with E-state index in [0.717, 1.165) is 37.2 Å². The third-order valence-corrected chi connectivity index (χ3v) is 5.63. The number of methoxy groups -OCH3 is 1. The number of amides is 1. The van der Waals surface area contributed by atoms with Crippen molar-refractivity contribution in [3.05, 3.63) is 88.2 Å². The van der Waals surface area contributed by atoms with Gasteiger partial charge in [-0.05, 0) is 61.8 Å². The smallest absolute Gasteiger partial charge is 0.287 e. The van der Waals surface area contributed by atoms with Gasteiger partial charge in [-0.15, -0.1) is 0 Å². The second-order valence-corrected chi connectivity index (χ2v) is 7.68. The number of carbonyl (C=O) groups is 1. The summed E-state index contributed by atoms with van der Waals surface area (Å²) in [5.41, 5.74) is 1.00. The Morgan fingerprint density at radius 2 is 1.97 bits per heavy atom. The molecule has 0 aliphatic carbocycles. The number of hydrogen-bond donors (Lipinski definition) is 1. The first-order valence-electron chi connectivity index (χ1n) is 10.5. The SMILES string of the molecule is COc1cccc(C(CNC(=O)c2ccc(Cn3ccccc3=O)o2)N2CCCC2)c1. The standard InChI is InChI=1S/C24H27N3O4/c1-30-19-8-6-7-18(15-19)21(26-12-4-5-13-26)16-25-24(29)22-11-10-20(31-22)17-27-14-3-2-9-23(27)28/h2-3,6-11,14-15,21H,4-5,12-13,16-17H2,1H3,(H,25,29). The Morgan fingerprint density at radius 3 is 2.74 bits per heavy atom. The van der Waals surface area contributed by atoms with Gasteiger partial charge in [0.2, 0.25) is 0 Å². The second kappa shape index (κ2) is 9.66. The molecule has 1 amide bonds. The predicted molar refractivity (Wildman–Crippen MR) is 117 cm³/mol. The summed E-state index contributed by atoms with van der Waals surface area (Å²) in [5.74, 6) is 1.34. The van der Waals surface area contributed by atoms with Crippen LogP contribution in [0.25, 0.3) is 0 Å². The minimum absolute atomic E-state index is 0.0684. The fourth-order valence-corrected chi connectivity index (χ4v) is 3.98. The van der Waals surface area contributed by atoms with Gasteiger partial charge < -0.3 is 19.0 Å². The quantitative estimate of drug-likeness (QED) is 0.605. The minimum Gasteiger partial charge on any atom is -0.497 e. The van der Waals surface area contributed by atoms with Crippen LogP contribution in [0.4, 0.5) is 0 Å².